The monoisotopic (exact) mass is 848 g/mol. The number of carbonyl (C=O) groups excluding carboxylic acids is 1. The summed E-state index contributed by atoms with van der Waals surface area (Å²) in [6.07, 6.45) is 2.88. The fourth-order valence-corrected chi connectivity index (χ4v) is 12.3. The quantitative estimate of drug-likeness (QED) is 0.159. The Labute approximate surface area is 292 Å². The number of anilines is 1. The summed E-state index contributed by atoms with van der Waals surface area (Å²) in [7, 11) is -0.559. The van der Waals surface area contributed by atoms with Crippen LogP contribution in [0.25, 0.3) is 0 Å². The van der Waals surface area contributed by atoms with Gasteiger partial charge in [-0.3, -0.25) is 9.48 Å². The highest BCUT2D eigenvalue weighted by atomic mass is 127. The summed E-state index contributed by atoms with van der Waals surface area (Å²) in [5.74, 6) is 0.777. The summed E-state index contributed by atoms with van der Waals surface area (Å²) < 4.78 is 16.8. The van der Waals surface area contributed by atoms with Gasteiger partial charge in [-0.15, -0.1) is 5.10 Å². The number of benzene rings is 3. The van der Waals surface area contributed by atoms with Gasteiger partial charge in [0.2, 0.25) is 0 Å². The second kappa shape index (κ2) is 13.0. The van der Waals surface area contributed by atoms with Crippen molar-refractivity contribution in [3.05, 3.63) is 96.9 Å². The topological polar surface area (TPSA) is 89.7 Å². The smallest absolute Gasteiger partial charge is 0.264 e. The Morgan fingerprint density at radius 2 is 1.76 bits per heavy atom. The molecule has 236 valence electrons. The van der Waals surface area contributed by atoms with E-state index in [1.165, 1.54) is 5.19 Å². The lowest BCUT2D eigenvalue weighted by Crippen LogP contribution is -2.51. The Kier molecular flexibility index (Phi) is 9.45. The summed E-state index contributed by atoms with van der Waals surface area (Å²) in [6, 6.07) is 23.1. The van der Waals surface area contributed by atoms with Crippen LogP contribution < -0.4 is 14.8 Å². The number of amides is 1. The van der Waals surface area contributed by atoms with Gasteiger partial charge in [-0.1, -0.05) is 54.7 Å². The number of aliphatic hydroxyl groups excluding tert-OH is 1. The van der Waals surface area contributed by atoms with Crippen molar-refractivity contribution in [2.75, 3.05) is 18.6 Å². The molecular formula is C34H38I2N4O4Si. The number of aromatic nitrogens is 3. The summed E-state index contributed by atoms with van der Waals surface area (Å²) in [5, 5.41) is 19.2. The van der Waals surface area contributed by atoms with Crippen LogP contribution in [0.3, 0.4) is 0 Å². The molecule has 45 heavy (non-hydrogen) atoms. The van der Waals surface area contributed by atoms with E-state index in [-0.39, 0.29) is 30.1 Å². The molecule has 1 fully saturated rings. The van der Waals surface area contributed by atoms with Crippen molar-refractivity contribution >= 4 is 70.0 Å². The maximum Gasteiger partial charge on any atom is 0.264 e. The Hall–Kier alpha value is -2.33. The van der Waals surface area contributed by atoms with Gasteiger partial charge in [0.1, 0.15) is 5.75 Å². The lowest BCUT2D eigenvalue weighted by molar-refractivity contribution is -0.146. The molecule has 0 radical (unpaired) electrons. The van der Waals surface area contributed by atoms with Gasteiger partial charge in [-0.05, 0) is 105 Å². The van der Waals surface area contributed by atoms with Crippen molar-refractivity contribution in [2.24, 2.45) is 5.92 Å². The molecule has 11 heteroatoms. The minimum atomic E-state index is -2.25. The number of methoxy groups -OCH3 is 1. The molecule has 1 amide bonds. The van der Waals surface area contributed by atoms with E-state index in [1.54, 1.807) is 7.11 Å². The molecule has 1 saturated heterocycles. The molecule has 8 nitrogen and oxygen atoms in total. The first-order chi connectivity index (χ1) is 21.6. The van der Waals surface area contributed by atoms with Crippen LogP contribution >= 0.6 is 45.2 Å². The van der Waals surface area contributed by atoms with Gasteiger partial charge in [-0.25, -0.2) is 0 Å². The van der Waals surface area contributed by atoms with Crippen LogP contribution in [-0.4, -0.2) is 53.9 Å². The number of nitrogens with zero attached hydrogens (tertiary/aromatic N) is 4. The average Bonchev–Trinajstić information content (AvgIpc) is 3.67. The Bertz CT molecular complexity index is 1680. The highest BCUT2D eigenvalue weighted by molar-refractivity contribution is 14.1. The zero-order valence-corrected chi connectivity index (χ0v) is 31.2. The van der Waals surface area contributed by atoms with Gasteiger partial charge in [0.25, 0.3) is 5.91 Å². The van der Waals surface area contributed by atoms with Gasteiger partial charge in [-0.2, -0.15) is 0 Å². The van der Waals surface area contributed by atoms with E-state index in [0.29, 0.717) is 25.9 Å². The normalized spacial score (nSPS) is 22.8. The fourth-order valence-electron chi connectivity index (χ4n) is 7.42. The molecule has 3 heterocycles. The number of rotatable bonds is 10. The zero-order valence-electron chi connectivity index (χ0n) is 25.9. The number of carbonyl (C=O) groups is 1. The van der Waals surface area contributed by atoms with Crippen LogP contribution in [0.4, 0.5) is 5.69 Å². The molecule has 4 aromatic rings. The van der Waals surface area contributed by atoms with Gasteiger partial charge < -0.3 is 19.5 Å². The third-order valence-corrected chi connectivity index (χ3v) is 15.4. The number of aliphatic hydroxyl groups is 1. The van der Waals surface area contributed by atoms with E-state index in [9.17, 15) is 9.90 Å². The van der Waals surface area contributed by atoms with E-state index in [1.807, 2.05) is 27.9 Å². The summed E-state index contributed by atoms with van der Waals surface area (Å²) in [4.78, 5) is 16.8. The number of aryl methyl sites for hydroxylation is 1. The van der Waals surface area contributed by atoms with Crippen molar-refractivity contribution in [3.63, 3.8) is 0 Å². The summed E-state index contributed by atoms with van der Waals surface area (Å²) >= 11 is 4.65. The molecule has 2 aliphatic heterocycles. The highest BCUT2D eigenvalue weighted by Gasteiger charge is 2.66. The second-order valence-corrected chi connectivity index (χ2v) is 19.7. The van der Waals surface area contributed by atoms with Crippen LogP contribution in [-0.2, 0) is 34.6 Å². The number of halogens is 2. The van der Waals surface area contributed by atoms with Crippen molar-refractivity contribution in [3.8, 4) is 5.75 Å². The molecule has 0 aliphatic carbocycles. The van der Waals surface area contributed by atoms with E-state index < -0.39 is 13.7 Å². The predicted molar refractivity (Wildman–Crippen MR) is 195 cm³/mol. The highest BCUT2D eigenvalue weighted by Crippen LogP contribution is 2.60. The number of hydrogen-bond acceptors (Lipinski definition) is 6. The van der Waals surface area contributed by atoms with Gasteiger partial charge >= 0.3 is 0 Å². The molecule has 3 aromatic carbocycles. The van der Waals surface area contributed by atoms with E-state index in [0.717, 1.165) is 35.4 Å². The maximum absolute atomic E-state index is 14.9. The third kappa shape index (κ3) is 5.98. The van der Waals surface area contributed by atoms with Gasteiger partial charge in [0.05, 0.1) is 39.2 Å². The van der Waals surface area contributed by atoms with Crippen molar-refractivity contribution in [2.45, 2.75) is 63.2 Å². The molecule has 1 aromatic heterocycles. The molecule has 1 spiro atoms. The fraction of sp³-hybridized carbons (Fsp3) is 0.382. The minimum Gasteiger partial charge on any atom is -0.497 e. The number of fused-ring (bicyclic) bond motifs is 2. The number of hydrogen-bond donors (Lipinski definition) is 1. The SMILES string of the molecule is COc1ccc([Si](C)(C)[C@@H]2[C@@H](CCn3cc(CCO)nn3)O[C@]3(C(=O)N(Cc4ccc(I)cc4)c4ccc(I)cc43)[C@H]2C)cc1. The van der Waals surface area contributed by atoms with Crippen molar-refractivity contribution < 1.29 is 19.4 Å². The molecule has 4 atom stereocenters. The van der Waals surface area contributed by atoms with E-state index in [4.69, 9.17) is 9.47 Å². The van der Waals surface area contributed by atoms with Crippen LogP contribution in [0.15, 0.2) is 72.9 Å². The lowest BCUT2D eigenvalue weighted by Gasteiger charge is -2.37. The molecular weight excluding hydrogens is 810 g/mol. The van der Waals surface area contributed by atoms with Crippen LogP contribution in [0.2, 0.25) is 18.6 Å². The summed E-state index contributed by atoms with van der Waals surface area (Å²) in [5.41, 5.74) is 2.80. The Morgan fingerprint density at radius 1 is 1.04 bits per heavy atom. The zero-order chi connectivity index (χ0) is 31.9. The van der Waals surface area contributed by atoms with Crippen LogP contribution in [0.5, 0.6) is 5.75 Å². The molecule has 0 bridgehead atoms. The first-order valence-electron chi connectivity index (χ1n) is 15.3. The largest absolute Gasteiger partial charge is 0.497 e. The lowest BCUT2D eigenvalue weighted by atomic mass is 9.82. The van der Waals surface area contributed by atoms with E-state index >= 15 is 0 Å². The molecule has 6 rings (SSSR count). The summed E-state index contributed by atoms with van der Waals surface area (Å²) in [6.45, 7) is 8.16. The third-order valence-electron chi connectivity index (χ3n) is 9.65. The molecule has 0 saturated carbocycles. The second-order valence-electron chi connectivity index (χ2n) is 12.6. The first-order valence-corrected chi connectivity index (χ1v) is 20.5. The number of ether oxygens (including phenoxy) is 2. The van der Waals surface area contributed by atoms with E-state index in [2.05, 4.69) is 130 Å². The Morgan fingerprint density at radius 3 is 2.44 bits per heavy atom. The average molecular weight is 849 g/mol. The molecule has 2 aliphatic rings. The Balaban J connectivity index is 1.41. The van der Waals surface area contributed by atoms with Crippen LogP contribution in [0, 0.1) is 13.1 Å². The van der Waals surface area contributed by atoms with Gasteiger partial charge in [0, 0.05) is 44.4 Å². The standard InChI is InChI=1S/C34H38I2N4O4Si/c1-22-32(45(3,4)28-12-10-27(43-2)11-13-28)31(15-17-39-21-26(16-18-41)37-38-39)44-34(22)29-19-25(36)9-14-30(29)40(33(34)42)20-23-5-7-24(35)8-6-23/h5-14,19,21-22,31-32,41H,15-18,20H2,1-4H3/t22-,31+,32-,34+/m0/s1. The predicted octanol–water partition coefficient (Wildman–Crippen LogP) is 5.88. The minimum absolute atomic E-state index is 0.0172. The maximum atomic E-state index is 14.9. The first kappa shape index (κ1) is 32.6. The van der Waals surface area contributed by atoms with Crippen molar-refractivity contribution in [1.29, 1.82) is 0 Å². The van der Waals surface area contributed by atoms with Gasteiger partial charge in [0.15, 0.2) is 5.60 Å². The molecule has 1 N–H and O–H groups in total. The van der Waals surface area contributed by atoms with Crippen molar-refractivity contribution in [1.82, 2.24) is 15.0 Å². The van der Waals surface area contributed by atoms with Crippen LogP contribution in [0.1, 0.15) is 30.2 Å². The molecule has 0 unspecified atom stereocenters.